The molecule has 0 rings (SSSR count). The highest BCUT2D eigenvalue weighted by Gasteiger charge is 2.19. The Morgan fingerprint density at radius 1 is 0.314 bits per heavy atom. The van der Waals surface area contributed by atoms with Crippen molar-refractivity contribution in [2.24, 2.45) is 0 Å². The van der Waals surface area contributed by atoms with E-state index in [1.807, 2.05) is 36.5 Å². The largest absolute Gasteiger partial charge is 0.462 e. The zero-order chi connectivity index (χ0) is 50.7. The Bertz CT molecular complexity index is 1580. The molecule has 6 nitrogen and oxygen atoms in total. The molecule has 6 heteroatoms. The van der Waals surface area contributed by atoms with Crippen LogP contribution in [0.25, 0.3) is 0 Å². The number of rotatable bonds is 48. The van der Waals surface area contributed by atoms with E-state index in [9.17, 15) is 14.4 Å². The first-order chi connectivity index (χ1) is 34.5. The molecule has 0 spiro atoms. The molecule has 1 atom stereocenters. The van der Waals surface area contributed by atoms with Gasteiger partial charge in [0.2, 0.25) is 0 Å². The standard InChI is InChI=1S/C64H100O6/c1-4-7-10-13-16-19-22-25-28-31-34-36-39-42-45-48-51-54-57-63(66)69-60-61(70-64(67)58-55-52-49-46-43-40-37-33-30-27-24-21-18-15-12-9-6-3)59-68-62(65)56-53-50-47-44-41-38-35-32-29-26-23-20-17-14-11-8-5-2/h9-10,12-13,16-22,25-31,34,36-37,40,46,49,61H,4-8,11,14-15,23-24,32-33,35,38-39,41-45,47-48,50-60H2,1-3H3/b12-9-,13-10-,19-16-,20-17-,21-18-,25-22-,29-26-,30-27-,31-28-,36-34-,40-37-,49-46-. The first-order valence-corrected chi connectivity index (χ1v) is 27.9. The van der Waals surface area contributed by atoms with Gasteiger partial charge in [0.1, 0.15) is 13.2 Å². The van der Waals surface area contributed by atoms with E-state index in [1.54, 1.807) is 0 Å². The Balaban J connectivity index is 4.58. The predicted octanol–water partition coefficient (Wildman–Crippen LogP) is 18.8. The van der Waals surface area contributed by atoms with Gasteiger partial charge in [-0.05, 0) is 109 Å². The molecule has 0 heterocycles. The van der Waals surface area contributed by atoms with Crippen molar-refractivity contribution in [1.29, 1.82) is 0 Å². The highest BCUT2D eigenvalue weighted by atomic mass is 16.6. The summed E-state index contributed by atoms with van der Waals surface area (Å²) < 4.78 is 16.8. The van der Waals surface area contributed by atoms with Crippen molar-refractivity contribution in [3.63, 3.8) is 0 Å². The minimum atomic E-state index is -0.829. The number of unbranched alkanes of at least 4 members (excludes halogenated alkanes) is 17. The molecular weight excluding hydrogens is 865 g/mol. The van der Waals surface area contributed by atoms with E-state index in [0.717, 1.165) is 116 Å². The summed E-state index contributed by atoms with van der Waals surface area (Å²) >= 11 is 0. The number of hydrogen-bond acceptors (Lipinski definition) is 6. The fourth-order valence-electron chi connectivity index (χ4n) is 7.01. The van der Waals surface area contributed by atoms with Crippen molar-refractivity contribution in [1.82, 2.24) is 0 Å². The highest BCUT2D eigenvalue weighted by molar-refractivity contribution is 5.71. The van der Waals surface area contributed by atoms with E-state index >= 15 is 0 Å². The number of esters is 3. The fraction of sp³-hybridized carbons (Fsp3) is 0.578. The van der Waals surface area contributed by atoms with Gasteiger partial charge in [-0.25, -0.2) is 0 Å². The van der Waals surface area contributed by atoms with Gasteiger partial charge in [-0.2, -0.15) is 0 Å². The molecule has 70 heavy (non-hydrogen) atoms. The number of carbonyl (C=O) groups is 3. The van der Waals surface area contributed by atoms with E-state index in [4.69, 9.17) is 14.2 Å². The molecule has 0 aromatic heterocycles. The third-order valence-electron chi connectivity index (χ3n) is 11.2. The lowest BCUT2D eigenvalue weighted by molar-refractivity contribution is -0.167. The molecule has 0 amide bonds. The number of carbonyl (C=O) groups excluding carboxylic acids is 3. The molecule has 0 saturated carbocycles. The normalized spacial score (nSPS) is 13.2. The first-order valence-electron chi connectivity index (χ1n) is 27.9. The highest BCUT2D eigenvalue weighted by Crippen LogP contribution is 2.13. The average molecular weight is 965 g/mol. The number of allylic oxidation sites excluding steroid dienone is 24. The maximum absolute atomic E-state index is 12.8. The lowest BCUT2D eigenvalue weighted by Gasteiger charge is -2.18. The second-order valence-corrected chi connectivity index (χ2v) is 17.9. The second kappa shape index (κ2) is 56.9. The molecule has 0 fully saturated rings. The Kier molecular flexibility index (Phi) is 53.0. The van der Waals surface area contributed by atoms with Crippen molar-refractivity contribution < 1.29 is 28.6 Å². The number of hydrogen-bond donors (Lipinski definition) is 0. The third kappa shape index (κ3) is 54.2. The van der Waals surface area contributed by atoms with Crippen LogP contribution in [0.5, 0.6) is 0 Å². The van der Waals surface area contributed by atoms with E-state index in [-0.39, 0.29) is 37.5 Å². The number of ether oxygens (including phenoxy) is 3. The van der Waals surface area contributed by atoms with Crippen molar-refractivity contribution in [3.05, 3.63) is 146 Å². The summed E-state index contributed by atoms with van der Waals surface area (Å²) in [7, 11) is 0. The molecule has 392 valence electrons. The van der Waals surface area contributed by atoms with Gasteiger partial charge in [-0.3, -0.25) is 14.4 Å². The summed E-state index contributed by atoms with van der Waals surface area (Å²) in [6.07, 6.45) is 81.1. The SMILES string of the molecule is CC/C=C\C/C=C\C/C=C\C/C=C\C/C=C\CCCC(=O)OC(COC(=O)CCCCCCC\C=C/C=C\C=C/C=C\C=C/CCC)COC(=O)CCCCCCCCC/C=C\C/C=C\CCCCC. The lowest BCUT2D eigenvalue weighted by atomic mass is 10.1. The van der Waals surface area contributed by atoms with Crippen LogP contribution in [-0.2, 0) is 28.6 Å². The molecule has 0 radical (unpaired) electrons. The van der Waals surface area contributed by atoms with Gasteiger partial charge < -0.3 is 14.2 Å². The van der Waals surface area contributed by atoms with Crippen LogP contribution in [0.15, 0.2) is 146 Å². The van der Waals surface area contributed by atoms with Gasteiger partial charge in [-0.15, -0.1) is 0 Å². The van der Waals surface area contributed by atoms with Gasteiger partial charge in [0.25, 0.3) is 0 Å². The monoisotopic (exact) mass is 965 g/mol. The van der Waals surface area contributed by atoms with Crippen molar-refractivity contribution >= 4 is 17.9 Å². The van der Waals surface area contributed by atoms with Crippen LogP contribution >= 0.6 is 0 Å². The molecule has 0 saturated heterocycles. The zero-order valence-corrected chi connectivity index (χ0v) is 44.7. The van der Waals surface area contributed by atoms with Gasteiger partial charge in [0.15, 0.2) is 6.10 Å². The minimum Gasteiger partial charge on any atom is -0.462 e. The van der Waals surface area contributed by atoms with E-state index in [1.165, 1.54) is 57.8 Å². The fourth-order valence-corrected chi connectivity index (χ4v) is 7.01. The maximum atomic E-state index is 12.8. The Morgan fingerprint density at radius 2 is 0.657 bits per heavy atom. The molecule has 0 aliphatic carbocycles. The molecule has 0 aromatic rings. The van der Waals surface area contributed by atoms with E-state index < -0.39 is 6.10 Å². The van der Waals surface area contributed by atoms with Crippen LogP contribution in [-0.4, -0.2) is 37.2 Å². The molecule has 1 unspecified atom stereocenters. The molecular formula is C64H100O6. The van der Waals surface area contributed by atoms with Crippen LogP contribution in [0.1, 0.15) is 220 Å². The van der Waals surface area contributed by atoms with Crippen LogP contribution in [0.3, 0.4) is 0 Å². The van der Waals surface area contributed by atoms with Crippen LogP contribution in [0, 0.1) is 0 Å². The summed E-state index contributed by atoms with van der Waals surface area (Å²) in [6.45, 7) is 6.32. The van der Waals surface area contributed by atoms with Crippen LogP contribution in [0.2, 0.25) is 0 Å². The molecule has 0 aromatic carbocycles. The zero-order valence-electron chi connectivity index (χ0n) is 44.7. The van der Waals surface area contributed by atoms with E-state index in [0.29, 0.717) is 19.3 Å². The van der Waals surface area contributed by atoms with Crippen molar-refractivity contribution in [2.45, 2.75) is 226 Å². The summed E-state index contributed by atoms with van der Waals surface area (Å²) in [5.74, 6) is -1.02. The van der Waals surface area contributed by atoms with Gasteiger partial charge in [-0.1, -0.05) is 237 Å². The predicted molar refractivity (Wildman–Crippen MR) is 302 cm³/mol. The van der Waals surface area contributed by atoms with Crippen molar-refractivity contribution in [2.75, 3.05) is 13.2 Å². The minimum absolute atomic E-state index is 0.119. The third-order valence-corrected chi connectivity index (χ3v) is 11.2. The first kappa shape index (κ1) is 65.3. The quantitative estimate of drug-likeness (QED) is 0.0199. The summed E-state index contributed by atoms with van der Waals surface area (Å²) in [5.41, 5.74) is 0. The average Bonchev–Trinajstić information content (AvgIpc) is 3.36. The van der Waals surface area contributed by atoms with Crippen LogP contribution < -0.4 is 0 Å². The Labute approximate surface area is 429 Å². The summed E-state index contributed by atoms with van der Waals surface area (Å²) in [4.78, 5) is 38.1. The molecule has 0 aliphatic rings. The van der Waals surface area contributed by atoms with E-state index in [2.05, 4.69) is 130 Å². The topological polar surface area (TPSA) is 78.9 Å². The maximum Gasteiger partial charge on any atom is 0.306 e. The summed E-state index contributed by atoms with van der Waals surface area (Å²) in [5, 5.41) is 0. The second-order valence-electron chi connectivity index (χ2n) is 17.9. The molecule has 0 N–H and O–H groups in total. The smallest absolute Gasteiger partial charge is 0.306 e. The van der Waals surface area contributed by atoms with Gasteiger partial charge >= 0.3 is 17.9 Å². The lowest BCUT2D eigenvalue weighted by Crippen LogP contribution is -2.30. The summed E-state index contributed by atoms with van der Waals surface area (Å²) in [6, 6.07) is 0. The van der Waals surface area contributed by atoms with Crippen LogP contribution in [0.4, 0.5) is 0 Å². The Morgan fingerprint density at radius 3 is 1.10 bits per heavy atom. The van der Waals surface area contributed by atoms with Gasteiger partial charge in [0, 0.05) is 19.3 Å². The molecule has 0 bridgehead atoms. The van der Waals surface area contributed by atoms with Crippen molar-refractivity contribution in [3.8, 4) is 0 Å². The molecule has 0 aliphatic heterocycles. The van der Waals surface area contributed by atoms with Gasteiger partial charge in [0.05, 0.1) is 0 Å². The Hall–Kier alpha value is -4.71.